The van der Waals surface area contributed by atoms with Crippen LogP contribution in [0, 0.1) is 27.7 Å². The number of carbonyl (C=O) groups excluding carboxylic acids is 1. The molecule has 0 bridgehead atoms. The molecule has 0 saturated carbocycles. The lowest BCUT2D eigenvalue weighted by Gasteiger charge is -2.32. The zero-order valence-electron chi connectivity index (χ0n) is 19.1. The van der Waals surface area contributed by atoms with Crippen LogP contribution in [0.3, 0.4) is 0 Å². The summed E-state index contributed by atoms with van der Waals surface area (Å²) in [5.74, 6) is -0.284. The van der Waals surface area contributed by atoms with Crippen molar-refractivity contribution >= 4 is 21.6 Å². The maximum atomic E-state index is 13.3. The van der Waals surface area contributed by atoms with E-state index in [9.17, 15) is 13.2 Å². The minimum absolute atomic E-state index is 0.173. The summed E-state index contributed by atoms with van der Waals surface area (Å²) in [7, 11) is -3.65. The molecule has 30 heavy (non-hydrogen) atoms. The van der Waals surface area contributed by atoms with Crippen LogP contribution in [0.1, 0.15) is 60.5 Å². The number of sulfonamides is 1. The van der Waals surface area contributed by atoms with Gasteiger partial charge in [0.05, 0.1) is 18.0 Å². The summed E-state index contributed by atoms with van der Waals surface area (Å²) < 4.78 is 26.6. The van der Waals surface area contributed by atoms with Gasteiger partial charge < -0.3 is 5.32 Å². The van der Waals surface area contributed by atoms with Crippen LogP contribution in [0.25, 0.3) is 0 Å². The molecule has 0 saturated heterocycles. The van der Waals surface area contributed by atoms with Gasteiger partial charge in [-0.3, -0.25) is 9.10 Å². The summed E-state index contributed by atoms with van der Waals surface area (Å²) in [5.41, 5.74) is 5.92. The molecule has 0 heterocycles. The molecule has 2 atom stereocenters. The Morgan fingerprint density at radius 3 is 2.10 bits per heavy atom. The fourth-order valence-electron chi connectivity index (χ4n) is 3.81. The van der Waals surface area contributed by atoms with E-state index in [-0.39, 0.29) is 11.9 Å². The Kier molecular flexibility index (Phi) is 7.70. The Labute approximate surface area is 181 Å². The van der Waals surface area contributed by atoms with Crippen LogP contribution >= 0.6 is 0 Å². The van der Waals surface area contributed by atoms with E-state index >= 15 is 0 Å². The number of rotatable bonds is 8. The maximum Gasteiger partial charge on any atom is 0.244 e. The number of amides is 1. The monoisotopic (exact) mass is 430 g/mol. The molecule has 2 rings (SSSR count). The lowest BCUT2D eigenvalue weighted by atomic mass is 9.97. The number of hydrogen-bond acceptors (Lipinski definition) is 3. The topological polar surface area (TPSA) is 66.5 Å². The number of nitrogens with one attached hydrogen (secondary N) is 1. The summed E-state index contributed by atoms with van der Waals surface area (Å²) in [6.07, 6.45) is 2.24. The lowest BCUT2D eigenvalue weighted by molar-refractivity contribution is -0.123. The van der Waals surface area contributed by atoms with Gasteiger partial charge in [-0.15, -0.1) is 0 Å². The second-order valence-corrected chi connectivity index (χ2v) is 9.94. The normalized spacial score (nSPS) is 13.6. The largest absolute Gasteiger partial charge is 0.347 e. The molecule has 0 aliphatic rings. The molecular formula is C24H34N2O3S. The zero-order chi connectivity index (χ0) is 22.6. The first kappa shape index (κ1) is 23.9. The predicted molar refractivity (Wildman–Crippen MR) is 124 cm³/mol. The second kappa shape index (κ2) is 9.65. The first-order chi connectivity index (χ1) is 14.0. The number of benzene rings is 2. The molecule has 1 N–H and O–H groups in total. The average molecular weight is 431 g/mol. The summed E-state index contributed by atoms with van der Waals surface area (Å²) in [4.78, 5) is 13.3. The van der Waals surface area contributed by atoms with Gasteiger partial charge in [-0.1, -0.05) is 43.7 Å². The molecule has 5 nitrogen and oxygen atoms in total. The van der Waals surface area contributed by atoms with Crippen LogP contribution in [0.5, 0.6) is 0 Å². The van der Waals surface area contributed by atoms with E-state index in [0.717, 1.165) is 28.5 Å². The first-order valence-corrected chi connectivity index (χ1v) is 12.3. The summed E-state index contributed by atoms with van der Waals surface area (Å²) >= 11 is 0. The van der Waals surface area contributed by atoms with Crippen LogP contribution in [0.2, 0.25) is 0 Å². The van der Waals surface area contributed by atoms with E-state index < -0.39 is 16.1 Å². The van der Waals surface area contributed by atoms with Crippen molar-refractivity contribution in [3.63, 3.8) is 0 Å². The van der Waals surface area contributed by atoms with Crippen molar-refractivity contribution in [2.24, 2.45) is 0 Å². The summed E-state index contributed by atoms with van der Waals surface area (Å²) in [6, 6.07) is 10.7. The van der Waals surface area contributed by atoms with E-state index in [0.29, 0.717) is 18.5 Å². The fourth-order valence-corrected chi connectivity index (χ4v) is 5.01. The molecule has 0 aliphatic heterocycles. The quantitative estimate of drug-likeness (QED) is 0.658. The Bertz CT molecular complexity index is 1020. The number of hydrogen-bond donors (Lipinski definition) is 1. The van der Waals surface area contributed by atoms with Crippen molar-refractivity contribution in [2.45, 2.75) is 66.5 Å². The van der Waals surface area contributed by atoms with E-state index in [1.165, 1.54) is 9.87 Å². The minimum Gasteiger partial charge on any atom is -0.347 e. The molecule has 6 heteroatoms. The first-order valence-electron chi connectivity index (χ1n) is 10.4. The smallest absolute Gasteiger partial charge is 0.244 e. The van der Waals surface area contributed by atoms with Gasteiger partial charge >= 0.3 is 0 Å². The van der Waals surface area contributed by atoms with Crippen molar-refractivity contribution in [1.29, 1.82) is 0 Å². The number of carbonyl (C=O) groups is 1. The number of nitrogens with zero attached hydrogens (tertiary/aromatic N) is 1. The molecular weight excluding hydrogens is 396 g/mol. The predicted octanol–water partition coefficient (Wildman–Crippen LogP) is 4.73. The highest BCUT2D eigenvalue weighted by Crippen LogP contribution is 2.27. The molecule has 164 valence electrons. The van der Waals surface area contributed by atoms with Gasteiger partial charge in [-0.2, -0.15) is 0 Å². The zero-order valence-corrected chi connectivity index (χ0v) is 19.9. The third kappa shape index (κ3) is 5.42. The van der Waals surface area contributed by atoms with Crippen LogP contribution in [0.15, 0.2) is 36.4 Å². The van der Waals surface area contributed by atoms with Crippen molar-refractivity contribution < 1.29 is 13.2 Å². The van der Waals surface area contributed by atoms with Crippen molar-refractivity contribution in [3.05, 3.63) is 64.2 Å². The standard InChI is InChI=1S/C24H34N2O3S/c1-8-22(21-13-10-16(3)14-19(21)6)25-24(27)23(9-2)26(30(7,28)29)20-12-11-17(4)18(5)15-20/h10-15,22-23H,8-9H2,1-7H3,(H,25,27)/t22-,23+/m0/s1. The molecule has 2 aromatic rings. The van der Waals surface area contributed by atoms with E-state index in [4.69, 9.17) is 0 Å². The molecule has 1 amide bonds. The Morgan fingerprint density at radius 2 is 1.60 bits per heavy atom. The number of anilines is 1. The highest BCUT2D eigenvalue weighted by Gasteiger charge is 2.32. The van der Waals surface area contributed by atoms with Gasteiger partial charge in [0, 0.05) is 0 Å². The molecule has 0 spiro atoms. The van der Waals surface area contributed by atoms with Gasteiger partial charge in [-0.05, 0) is 74.9 Å². The maximum absolute atomic E-state index is 13.3. The Morgan fingerprint density at radius 1 is 0.933 bits per heavy atom. The Balaban J connectivity index is 2.40. The van der Waals surface area contributed by atoms with Crippen LogP contribution in [-0.2, 0) is 14.8 Å². The number of aryl methyl sites for hydroxylation is 4. The SMILES string of the molecule is CC[C@H](NC(=O)[C@@H](CC)N(c1ccc(C)c(C)c1)S(C)(=O)=O)c1ccc(C)cc1C. The van der Waals surface area contributed by atoms with Gasteiger partial charge in [0.2, 0.25) is 15.9 Å². The van der Waals surface area contributed by atoms with Gasteiger partial charge in [0.25, 0.3) is 0 Å². The van der Waals surface area contributed by atoms with Crippen LogP contribution in [0.4, 0.5) is 5.69 Å². The van der Waals surface area contributed by atoms with Gasteiger partial charge in [0.15, 0.2) is 0 Å². The highest BCUT2D eigenvalue weighted by molar-refractivity contribution is 7.92. The van der Waals surface area contributed by atoms with Crippen LogP contribution in [-0.4, -0.2) is 26.6 Å². The second-order valence-electron chi connectivity index (χ2n) is 8.08. The molecule has 0 aliphatic carbocycles. The lowest BCUT2D eigenvalue weighted by Crippen LogP contribution is -2.50. The van der Waals surface area contributed by atoms with Crippen molar-refractivity contribution in [1.82, 2.24) is 5.32 Å². The third-order valence-corrected chi connectivity index (χ3v) is 6.78. The minimum atomic E-state index is -3.65. The molecule has 2 aromatic carbocycles. The fraction of sp³-hybridized carbons (Fsp3) is 0.458. The molecule has 0 radical (unpaired) electrons. The van der Waals surface area contributed by atoms with Gasteiger partial charge in [0.1, 0.15) is 6.04 Å². The van der Waals surface area contributed by atoms with E-state index in [2.05, 4.69) is 11.4 Å². The summed E-state index contributed by atoms with van der Waals surface area (Å²) in [5, 5.41) is 3.10. The van der Waals surface area contributed by atoms with Crippen molar-refractivity contribution in [3.8, 4) is 0 Å². The molecule has 0 fully saturated rings. The average Bonchev–Trinajstić information content (AvgIpc) is 2.65. The van der Waals surface area contributed by atoms with Crippen molar-refractivity contribution in [2.75, 3.05) is 10.6 Å². The summed E-state index contributed by atoms with van der Waals surface area (Å²) in [6.45, 7) is 11.8. The van der Waals surface area contributed by atoms with E-state index in [1.807, 2.05) is 65.8 Å². The van der Waals surface area contributed by atoms with Gasteiger partial charge in [-0.25, -0.2) is 8.42 Å². The van der Waals surface area contributed by atoms with E-state index in [1.54, 1.807) is 6.07 Å². The third-order valence-electron chi connectivity index (χ3n) is 5.60. The highest BCUT2D eigenvalue weighted by atomic mass is 32.2. The molecule has 0 unspecified atom stereocenters. The Hall–Kier alpha value is -2.34. The van der Waals surface area contributed by atoms with Crippen LogP contribution < -0.4 is 9.62 Å². The molecule has 0 aromatic heterocycles.